The van der Waals surface area contributed by atoms with Crippen molar-refractivity contribution >= 4 is 40.8 Å². The summed E-state index contributed by atoms with van der Waals surface area (Å²) in [6.07, 6.45) is 1.66. The lowest BCUT2D eigenvalue weighted by Gasteiger charge is -2.14. The Morgan fingerprint density at radius 2 is 2.14 bits per heavy atom. The van der Waals surface area contributed by atoms with Gasteiger partial charge in [-0.05, 0) is 43.7 Å². The Morgan fingerprint density at radius 1 is 1.38 bits per heavy atom. The number of carbonyl (C=O) groups excluding carboxylic acids is 1. The van der Waals surface area contributed by atoms with Gasteiger partial charge in [-0.2, -0.15) is 0 Å². The SMILES string of the molecule is Cc1c(Cl)cccc1NC(=O)C(C)Sc1ccc(N)nc1. The lowest BCUT2D eigenvalue weighted by Crippen LogP contribution is -2.22. The van der Waals surface area contributed by atoms with E-state index in [1.807, 2.05) is 32.0 Å². The second-order valence-electron chi connectivity index (χ2n) is 4.58. The number of nitrogens with two attached hydrogens (primary N) is 1. The van der Waals surface area contributed by atoms with Crippen molar-refractivity contribution in [1.29, 1.82) is 0 Å². The molecule has 0 aliphatic carbocycles. The standard InChI is InChI=1S/C15H16ClN3OS/c1-9-12(16)4-3-5-13(9)19-15(20)10(2)21-11-6-7-14(17)18-8-11/h3-8,10H,1-2H3,(H2,17,18)(H,19,20). The average Bonchev–Trinajstić information content (AvgIpc) is 2.46. The van der Waals surface area contributed by atoms with Crippen LogP contribution in [0.15, 0.2) is 41.4 Å². The zero-order valence-electron chi connectivity index (χ0n) is 11.8. The highest BCUT2D eigenvalue weighted by atomic mass is 35.5. The van der Waals surface area contributed by atoms with Crippen LogP contribution in [0.5, 0.6) is 0 Å². The number of thioether (sulfide) groups is 1. The fraction of sp³-hybridized carbons (Fsp3) is 0.200. The van der Waals surface area contributed by atoms with Gasteiger partial charge in [0.05, 0.1) is 5.25 Å². The van der Waals surface area contributed by atoms with Crippen LogP contribution < -0.4 is 11.1 Å². The van der Waals surface area contributed by atoms with Crippen LogP contribution in [0.3, 0.4) is 0 Å². The van der Waals surface area contributed by atoms with Crippen LogP contribution in [-0.2, 0) is 4.79 Å². The molecule has 6 heteroatoms. The molecular formula is C15H16ClN3OS. The summed E-state index contributed by atoms with van der Waals surface area (Å²) in [5.74, 6) is 0.383. The number of amides is 1. The van der Waals surface area contributed by atoms with Crippen molar-refractivity contribution in [2.24, 2.45) is 0 Å². The molecule has 1 aromatic heterocycles. The third kappa shape index (κ3) is 4.12. The van der Waals surface area contributed by atoms with Crippen molar-refractivity contribution in [3.8, 4) is 0 Å². The number of nitrogens with zero attached hydrogens (tertiary/aromatic N) is 1. The number of anilines is 2. The van der Waals surface area contributed by atoms with Gasteiger partial charge < -0.3 is 11.1 Å². The van der Waals surface area contributed by atoms with Crippen LogP contribution in [0.1, 0.15) is 12.5 Å². The van der Waals surface area contributed by atoms with E-state index in [0.717, 1.165) is 16.1 Å². The van der Waals surface area contributed by atoms with E-state index in [2.05, 4.69) is 10.3 Å². The third-order valence-corrected chi connectivity index (χ3v) is 4.46. The highest BCUT2D eigenvalue weighted by molar-refractivity contribution is 8.00. The number of hydrogen-bond acceptors (Lipinski definition) is 4. The molecular weight excluding hydrogens is 306 g/mol. The van der Waals surface area contributed by atoms with Crippen molar-refractivity contribution in [2.75, 3.05) is 11.1 Å². The van der Waals surface area contributed by atoms with Crippen LogP contribution in [0, 0.1) is 6.92 Å². The van der Waals surface area contributed by atoms with Gasteiger partial charge in [-0.25, -0.2) is 4.98 Å². The molecule has 1 unspecified atom stereocenters. The zero-order chi connectivity index (χ0) is 15.4. The van der Waals surface area contributed by atoms with Gasteiger partial charge >= 0.3 is 0 Å². The molecule has 0 saturated heterocycles. The molecule has 0 spiro atoms. The minimum absolute atomic E-state index is 0.0813. The molecule has 1 heterocycles. The molecule has 0 bridgehead atoms. The number of aromatic nitrogens is 1. The predicted octanol–water partition coefficient (Wildman–Crippen LogP) is 3.74. The first kappa shape index (κ1) is 15.7. The maximum Gasteiger partial charge on any atom is 0.237 e. The molecule has 110 valence electrons. The van der Waals surface area contributed by atoms with Gasteiger partial charge in [-0.3, -0.25) is 4.79 Å². The molecule has 1 aromatic carbocycles. The minimum atomic E-state index is -0.256. The molecule has 0 saturated carbocycles. The summed E-state index contributed by atoms with van der Waals surface area (Å²) in [4.78, 5) is 17.1. The Kier molecular flexibility index (Phi) is 5.09. The van der Waals surface area contributed by atoms with E-state index in [1.54, 1.807) is 18.3 Å². The van der Waals surface area contributed by atoms with E-state index in [-0.39, 0.29) is 11.2 Å². The quantitative estimate of drug-likeness (QED) is 0.842. The predicted molar refractivity (Wildman–Crippen MR) is 88.8 cm³/mol. The maximum absolute atomic E-state index is 12.2. The van der Waals surface area contributed by atoms with Crippen LogP contribution >= 0.6 is 23.4 Å². The van der Waals surface area contributed by atoms with E-state index in [0.29, 0.717) is 10.8 Å². The Balaban J connectivity index is 2.02. The normalized spacial score (nSPS) is 12.0. The molecule has 1 amide bonds. The van der Waals surface area contributed by atoms with E-state index in [1.165, 1.54) is 11.8 Å². The third-order valence-electron chi connectivity index (χ3n) is 2.97. The fourth-order valence-corrected chi connectivity index (χ4v) is 2.71. The number of rotatable bonds is 4. The van der Waals surface area contributed by atoms with Crippen LogP contribution in [-0.4, -0.2) is 16.1 Å². The summed E-state index contributed by atoms with van der Waals surface area (Å²) < 4.78 is 0. The highest BCUT2D eigenvalue weighted by Gasteiger charge is 2.16. The average molecular weight is 322 g/mol. The molecule has 3 N–H and O–H groups in total. The smallest absolute Gasteiger partial charge is 0.237 e. The van der Waals surface area contributed by atoms with Gasteiger partial charge in [-0.1, -0.05) is 17.7 Å². The minimum Gasteiger partial charge on any atom is -0.384 e. The number of hydrogen-bond donors (Lipinski definition) is 2. The number of carbonyl (C=O) groups is 1. The summed E-state index contributed by atoms with van der Waals surface area (Å²) in [6.45, 7) is 3.72. The molecule has 0 aliphatic heterocycles. The first-order valence-electron chi connectivity index (χ1n) is 6.41. The van der Waals surface area contributed by atoms with Crippen molar-refractivity contribution in [1.82, 2.24) is 4.98 Å². The van der Waals surface area contributed by atoms with E-state index >= 15 is 0 Å². The molecule has 21 heavy (non-hydrogen) atoms. The molecule has 0 radical (unpaired) electrons. The molecule has 1 atom stereocenters. The maximum atomic E-state index is 12.2. The number of halogens is 1. The summed E-state index contributed by atoms with van der Waals surface area (Å²) >= 11 is 7.47. The monoisotopic (exact) mass is 321 g/mol. The second-order valence-corrected chi connectivity index (χ2v) is 6.40. The van der Waals surface area contributed by atoms with E-state index < -0.39 is 0 Å². The van der Waals surface area contributed by atoms with E-state index in [9.17, 15) is 4.79 Å². The number of benzene rings is 1. The molecule has 4 nitrogen and oxygen atoms in total. The number of nitrogens with one attached hydrogen (secondary N) is 1. The van der Waals surface area contributed by atoms with Crippen molar-refractivity contribution in [3.63, 3.8) is 0 Å². The lowest BCUT2D eigenvalue weighted by atomic mass is 10.2. The number of nitrogen functional groups attached to an aromatic ring is 1. The van der Waals surface area contributed by atoms with Crippen LogP contribution in [0.4, 0.5) is 11.5 Å². The van der Waals surface area contributed by atoms with Crippen molar-refractivity contribution < 1.29 is 4.79 Å². The molecule has 2 rings (SSSR count). The Hall–Kier alpha value is -1.72. The molecule has 2 aromatic rings. The largest absolute Gasteiger partial charge is 0.384 e. The molecule has 0 aliphatic rings. The van der Waals surface area contributed by atoms with Gasteiger partial charge in [0.15, 0.2) is 0 Å². The van der Waals surface area contributed by atoms with Gasteiger partial charge in [0.25, 0.3) is 0 Å². The van der Waals surface area contributed by atoms with Gasteiger partial charge in [0.1, 0.15) is 5.82 Å². The zero-order valence-corrected chi connectivity index (χ0v) is 13.3. The summed E-state index contributed by atoms with van der Waals surface area (Å²) in [5, 5.41) is 3.27. The molecule has 0 fully saturated rings. The first-order valence-corrected chi connectivity index (χ1v) is 7.67. The van der Waals surface area contributed by atoms with Gasteiger partial charge in [0, 0.05) is 21.8 Å². The Bertz CT molecular complexity index is 646. The van der Waals surface area contributed by atoms with E-state index in [4.69, 9.17) is 17.3 Å². The number of pyridine rings is 1. The topological polar surface area (TPSA) is 68.0 Å². The van der Waals surface area contributed by atoms with Crippen molar-refractivity contribution in [3.05, 3.63) is 47.1 Å². The Labute approximate surface area is 133 Å². The van der Waals surface area contributed by atoms with Crippen molar-refractivity contribution in [2.45, 2.75) is 24.0 Å². The lowest BCUT2D eigenvalue weighted by molar-refractivity contribution is -0.115. The Morgan fingerprint density at radius 3 is 2.81 bits per heavy atom. The fourth-order valence-electron chi connectivity index (χ4n) is 1.70. The van der Waals surface area contributed by atoms with Crippen LogP contribution in [0.25, 0.3) is 0 Å². The van der Waals surface area contributed by atoms with Crippen LogP contribution in [0.2, 0.25) is 5.02 Å². The van der Waals surface area contributed by atoms with Gasteiger partial charge in [-0.15, -0.1) is 11.8 Å². The van der Waals surface area contributed by atoms with Gasteiger partial charge in [0.2, 0.25) is 5.91 Å². The summed E-state index contributed by atoms with van der Waals surface area (Å²) in [6, 6.07) is 9.01. The second kappa shape index (κ2) is 6.83. The highest BCUT2D eigenvalue weighted by Crippen LogP contribution is 2.26. The summed E-state index contributed by atoms with van der Waals surface area (Å²) in [7, 11) is 0. The first-order chi connectivity index (χ1) is 9.97. The summed E-state index contributed by atoms with van der Waals surface area (Å²) in [5.41, 5.74) is 7.13.